The van der Waals surface area contributed by atoms with Crippen LogP contribution in [0.5, 0.6) is 0 Å². The van der Waals surface area contributed by atoms with E-state index < -0.39 is 0 Å². The largest absolute Gasteiger partial charge is 0.383 e. The predicted molar refractivity (Wildman–Crippen MR) is 83.0 cm³/mol. The summed E-state index contributed by atoms with van der Waals surface area (Å²) < 4.78 is 7.02. The topological polar surface area (TPSA) is 55.3 Å². The van der Waals surface area contributed by atoms with Crippen LogP contribution in [0.2, 0.25) is 0 Å². The number of rotatable bonds is 8. The Morgan fingerprint density at radius 1 is 1.38 bits per heavy atom. The van der Waals surface area contributed by atoms with Crippen molar-refractivity contribution in [2.75, 3.05) is 20.3 Å². The zero-order valence-electron chi connectivity index (χ0n) is 12.9. The molecule has 1 aliphatic carbocycles. The first-order valence-electron chi connectivity index (χ1n) is 7.92. The predicted octanol–water partition coefficient (Wildman–Crippen LogP) is 1.67. The van der Waals surface area contributed by atoms with Gasteiger partial charge < -0.3 is 19.9 Å². The molecule has 1 aliphatic rings. The lowest BCUT2D eigenvalue weighted by atomic mass is 9.95. The van der Waals surface area contributed by atoms with Crippen molar-refractivity contribution in [1.29, 1.82) is 0 Å². The number of hydrogen-bond donors (Lipinski definition) is 2. The van der Waals surface area contributed by atoms with E-state index in [1.807, 2.05) is 22.9 Å². The highest BCUT2D eigenvalue weighted by molar-refractivity contribution is 5.76. The summed E-state index contributed by atoms with van der Waals surface area (Å²) in [6, 6.07) is 4.42. The number of amides is 1. The molecule has 0 atom stereocenters. The molecule has 1 aromatic heterocycles. The van der Waals surface area contributed by atoms with Crippen LogP contribution < -0.4 is 10.6 Å². The summed E-state index contributed by atoms with van der Waals surface area (Å²) in [7, 11) is 1.69. The molecule has 1 aromatic rings. The van der Waals surface area contributed by atoms with Crippen LogP contribution >= 0.6 is 0 Å². The minimum absolute atomic E-state index is 0.122. The quantitative estimate of drug-likeness (QED) is 0.717. The van der Waals surface area contributed by atoms with Gasteiger partial charge in [-0.15, -0.1) is 0 Å². The molecule has 0 aliphatic heterocycles. The number of ether oxygens (including phenoxy) is 1. The Balaban J connectivity index is 1.76. The lowest BCUT2D eigenvalue weighted by molar-refractivity contribution is -0.122. The normalized spacial score (nSPS) is 16.0. The summed E-state index contributed by atoms with van der Waals surface area (Å²) in [4.78, 5) is 12.1. The van der Waals surface area contributed by atoms with Gasteiger partial charge in [0.25, 0.3) is 0 Å². The Morgan fingerprint density at radius 2 is 2.19 bits per heavy atom. The third kappa shape index (κ3) is 5.52. The molecule has 0 aromatic carbocycles. The van der Waals surface area contributed by atoms with E-state index >= 15 is 0 Å². The summed E-state index contributed by atoms with van der Waals surface area (Å²) in [5.74, 6) is 0.122. The number of carbonyl (C=O) groups excluding carboxylic acids is 1. The zero-order valence-corrected chi connectivity index (χ0v) is 12.9. The number of aromatic nitrogens is 1. The summed E-state index contributed by atoms with van der Waals surface area (Å²) >= 11 is 0. The van der Waals surface area contributed by atoms with Crippen LogP contribution in [-0.2, 0) is 22.6 Å². The molecule has 0 saturated heterocycles. The molecule has 2 rings (SSSR count). The van der Waals surface area contributed by atoms with Gasteiger partial charge in [0.2, 0.25) is 5.91 Å². The van der Waals surface area contributed by atoms with Gasteiger partial charge in [-0.1, -0.05) is 19.3 Å². The maximum atomic E-state index is 12.1. The zero-order chi connectivity index (χ0) is 14.9. The fourth-order valence-electron chi connectivity index (χ4n) is 2.83. The van der Waals surface area contributed by atoms with Crippen LogP contribution in [-0.4, -0.2) is 36.8 Å². The molecule has 118 valence electrons. The van der Waals surface area contributed by atoms with Crippen molar-refractivity contribution in [1.82, 2.24) is 15.2 Å². The van der Waals surface area contributed by atoms with Crippen molar-refractivity contribution < 1.29 is 9.53 Å². The fraction of sp³-hybridized carbons (Fsp3) is 0.688. The maximum Gasteiger partial charge on any atom is 0.240 e. The SMILES string of the molecule is COCCNCc1cccn1CC(=O)NC1CCCCC1. The third-order valence-electron chi connectivity index (χ3n) is 4.00. The Labute approximate surface area is 127 Å². The van der Waals surface area contributed by atoms with Gasteiger partial charge in [0.15, 0.2) is 0 Å². The van der Waals surface area contributed by atoms with E-state index in [0.29, 0.717) is 19.2 Å². The van der Waals surface area contributed by atoms with Crippen LogP contribution in [0.25, 0.3) is 0 Å². The molecule has 0 spiro atoms. The van der Waals surface area contributed by atoms with Crippen LogP contribution in [0, 0.1) is 0 Å². The van der Waals surface area contributed by atoms with E-state index in [1.165, 1.54) is 19.3 Å². The monoisotopic (exact) mass is 293 g/mol. The van der Waals surface area contributed by atoms with Crippen molar-refractivity contribution in [3.63, 3.8) is 0 Å². The second-order valence-corrected chi connectivity index (χ2v) is 5.70. The van der Waals surface area contributed by atoms with E-state index in [-0.39, 0.29) is 5.91 Å². The van der Waals surface area contributed by atoms with Gasteiger partial charge in [-0.2, -0.15) is 0 Å². The van der Waals surface area contributed by atoms with Gasteiger partial charge in [0, 0.05) is 38.1 Å². The second-order valence-electron chi connectivity index (χ2n) is 5.70. The molecule has 0 unspecified atom stereocenters. The standard InChI is InChI=1S/C16H27N3O2/c1-21-11-9-17-12-15-8-5-10-19(15)13-16(20)18-14-6-3-2-4-7-14/h5,8,10,14,17H,2-4,6-7,9,11-13H2,1H3,(H,18,20). The van der Waals surface area contributed by atoms with Crippen molar-refractivity contribution in [2.45, 2.75) is 51.2 Å². The average molecular weight is 293 g/mol. The average Bonchev–Trinajstić information content (AvgIpc) is 2.92. The number of nitrogens with zero attached hydrogens (tertiary/aromatic N) is 1. The van der Waals surface area contributed by atoms with Crippen molar-refractivity contribution in [3.8, 4) is 0 Å². The van der Waals surface area contributed by atoms with Gasteiger partial charge in [0.1, 0.15) is 6.54 Å². The molecule has 1 fully saturated rings. The van der Waals surface area contributed by atoms with Crippen LogP contribution in [0.3, 0.4) is 0 Å². The van der Waals surface area contributed by atoms with Gasteiger partial charge in [-0.3, -0.25) is 4.79 Å². The molecule has 0 radical (unpaired) electrons. The lowest BCUT2D eigenvalue weighted by Crippen LogP contribution is -2.38. The Hall–Kier alpha value is -1.33. The first-order chi connectivity index (χ1) is 10.3. The minimum atomic E-state index is 0.122. The number of methoxy groups -OCH3 is 1. The summed E-state index contributed by atoms with van der Waals surface area (Å²) in [6.07, 6.45) is 8.01. The third-order valence-corrected chi connectivity index (χ3v) is 4.00. The van der Waals surface area contributed by atoms with E-state index in [4.69, 9.17) is 4.74 Å². The molecular formula is C16H27N3O2. The van der Waals surface area contributed by atoms with E-state index in [1.54, 1.807) is 7.11 Å². The highest BCUT2D eigenvalue weighted by Crippen LogP contribution is 2.17. The van der Waals surface area contributed by atoms with E-state index in [0.717, 1.165) is 31.6 Å². The number of nitrogens with one attached hydrogen (secondary N) is 2. The van der Waals surface area contributed by atoms with Crippen molar-refractivity contribution >= 4 is 5.91 Å². The van der Waals surface area contributed by atoms with Crippen LogP contribution in [0.1, 0.15) is 37.8 Å². The summed E-state index contributed by atoms with van der Waals surface area (Å²) in [5.41, 5.74) is 1.13. The highest BCUT2D eigenvalue weighted by atomic mass is 16.5. The molecular weight excluding hydrogens is 266 g/mol. The van der Waals surface area contributed by atoms with Gasteiger partial charge in [-0.25, -0.2) is 0 Å². The van der Waals surface area contributed by atoms with E-state index in [9.17, 15) is 4.79 Å². The summed E-state index contributed by atoms with van der Waals surface area (Å²) in [6.45, 7) is 2.68. The molecule has 1 heterocycles. The Bertz CT molecular complexity index is 425. The molecule has 1 saturated carbocycles. The molecule has 21 heavy (non-hydrogen) atoms. The smallest absolute Gasteiger partial charge is 0.240 e. The molecule has 5 nitrogen and oxygen atoms in total. The fourth-order valence-corrected chi connectivity index (χ4v) is 2.83. The second kappa shape index (κ2) is 8.85. The molecule has 1 amide bonds. The van der Waals surface area contributed by atoms with Crippen molar-refractivity contribution in [3.05, 3.63) is 24.0 Å². The van der Waals surface area contributed by atoms with Gasteiger partial charge in [0.05, 0.1) is 6.61 Å². The minimum Gasteiger partial charge on any atom is -0.383 e. The lowest BCUT2D eigenvalue weighted by Gasteiger charge is -2.23. The maximum absolute atomic E-state index is 12.1. The first-order valence-corrected chi connectivity index (χ1v) is 7.92. The first kappa shape index (κ1) is 16.0. The number of hydrogen-bond acceptors (Lipinski definition) is 3. The van der Waals surface area contributed by atoms with Gasteiger partial charge >= 0.3 is 0 Å². The molecule has 5 heteroatoms. The molecule has 2 N–H and O–H groups in total. The van der Waals surface area contributed by atoms with Gasteiger partial charge in [-0.05, 0) is 25.0 Å². The summed E-state index contributed by atoms with van der Waals surface area (Å²) in [5, 5.41) is 6.47. The van der Waals surface area contributed by atoms with Crippen molar-refractivity contribution in [2.24, 2.45) is 0 Å². The number of carbonyl (C=O) groups is 1. The Morgan fingerprint density at radius 3 is 2.95 bits per heavy atom. The van der Waals surface area contributed by atoms with Crippen LogP contribution in [0.15, 0.2) is 18.3 Å². The Kier molecular flexibility index (Phi) is 6.76. The van der Waals surface area contributed by atoms with E-state index in [2.05, 4.69) is 10.6 Å². The molecule has 0 bridgehead atoms. The highest BCUT2D eigenvalue weighted by Gasteiger charge is 2.16. The van der Waals surface area contributed by atoms with Crippen LogP contribution in [0.4, 0.5) is 0 Å².